The first kappa shape index (κ1) is 32.6. The molecule has 0 aliphatic rings. The monoisotopic (exact) mass is 515 g/mol. The predicted molar refractivity (Wildman–Crippen MR) is 137 cm³/mol. The number of hydrogen-bond donors (Lipinski definition) is 3. The summed E-state index contributed by atoms with van der Waals surface area (Å²) in [5, 5.41) is 8.00. The van der Waals surface area contributed by atoms with Gasteiger partial charge < -0.3 is 20.7 Å². The van der Waals surface area contributed by atoms with Crippen molar-refractivity contribution < 1.29 is 23.9 Å². The lowest BCUT2D eigenvalue weighted by Gasteiger charge is -2.03. The highest BCUT2D eigenvalue weighted by Crippen LogP contribution is 2.21. The van der Waals surface area contributed by atoms with Crippen LogP contribution in [0.5, 0.6) is 0 Å². The standard InChI is InChI=1S/C11H21NO3S2.C8H16N2O2S2/c1-3-11(14)4-6-15-7-9-17-16-8-5-12-10(2)13;1-7(11)10-4-6-14-13-5-3-8(12)9-2/h3-9H2,1-2H3,(H,12,13);3-6H2,1-2H3,(H,9,12)(H,10,11). The maximum absolute atomic E-state index is 11.0. The van der Waals surface area contributed by atoms with E-state index in [2.05, 4.69) is 16.0 Å². The van der Waals surface area contributed by atoms with E-state index in [1.807, 2.05) is 6.92 Å². The molecule has 0 aliphatic heterocycles. The second-order valence-corrected chi connectivity index (χ2v) is 11.3. The van der Waals surface area contributed by atoms with Crippen molar-refractivity contribution in [3.05, 3.63) is 0 Å². The molecule has 31 heavy (non-hydrogen) atoms. The topological polar surface area (TPSA) is 114 Å². The molecule has 0 aromatic carbocycles. The number of ketones is 1. The third-order valence-corrected chi connectivity index (χ3v) is 7.99. The number of rotatable bonds is 18. The molecular formula is C19H37N3O5S4. The SMILES string of the molecule is CCC(=O)CCOCCSSCCNC(C)=O.CNC(=O)CCSSCCNC(C)=O. The van der Waals surface area contributed by atoms with Gasteiger partial charge in [-0.3, -0.25) is 19.2 Å². The van der Waals surface area contributed by atoms with E-state index >= 15 is 0 Å². The Hall–Kier alpha value is -0.560. The molecule has 0 bridgehead atoms. The van der Waals surface area contributed by atoms with Crippen LogP contribution in [0.25, 0.3) is 0 Å². The predicted octanol–water partition coefficient (Wildman–Crippen LogP) is 2.53. The number of ether oxygens (including phenoxy) is 1. The number of Topliss-reactive ketones (excluding diaryl/α,β-unsaturated/α-hetero) is 1. The Morgan fingerprint density at radius 2 is 1.26 bits per heavy atom. The summed E-state index contributed by atoms with van der Waals surface area (Å²) in [5.41, 5.74) is 0. The van der Waals surface area contributed by atoms with Crippen LogP contribution in [0.4, 0.5) is 0 Å². The Bertz CT molecular complexity index is 499. The van der Waals surface area contributed by atoms with Gasteiger partial charge in [-0.1, -0.05) is 50.1 Å². The fraction of sp³-hybridized carbons (Fsp3) is 0.789. The lowest BCUT2D eigenvalue weighted by Crippen LogP contribution is -2.22. The van der Waals surface area contributed by atoms with Crippen molar-refractivity contribution >= 4 is 66.7 Å². The highest BCUT2D eigenvalue weighted by molar-refractivity contribution is 8.77. The summed E-state index contributed by atoms with van der Waals surface area (Å²) in [6, 6.07) is 0. The van der Waals surface area contributed by atoms with Gasteiger partial charge in [0.25, 0.3) is 0 Å². The van der Waals surface area contributed by atoms with E-state index in [1.54, 1.807) is 50.2 Å². The van der Waals surface area contributed by atoms with Crippen molar-refractivity contribution in [1.29, 1.82) is 0 Å². The summed E-state index contributed by atoms with van der Waals surface area (Å²) in [4.78, 5) is 42.8. The minimum absolute atomic E-state index is 0.000890. The fourth-order valence-electron chi connectivity index (χ4n) is 1.59. The number of amides is 3. The summed E-state index contributed by atoms with van der Waals surface area (Å²) in [7, 11) is 8.40. The average molecular weight is 516 g/mol. The molecule has 3 N–H and O–H groups in total. The molecule has 0 saturated carbocycles. The molecule has 0 aliphatic carbocycles. The van der Waals surface area contributed by atoms with Crippen molar-refractivity contribution in [1.82, 2.24) is 16.0 Å². The van der Waals surface area contributed by atoms with E-state index in [4.69, 9.17) is 4.74 Å². The molecule has 0 radical (unpaired) electrons. The molecular weight excluding hydrogens is 478 g/mol. The number of carbonyl (C=O) groups is 4. The van der Waals surface area contributed by atoms with Gasteiger partial charge in [0.15, 0.2) is 0 Å². The highest BCUT2D eigenvalue weighted by atomic mass is 33.1. The first-order valence-electron chi connectivity index (χ1n) is 10.1. The first-order valence-corrected chi connectivity index (χ1v) is 15.1. The molecule has 0 spiro atoms. The molecule has 0 unspecified atom stereocenters. The van der Waals surface area contributed by atoms with E-state index in [0.717, 1.165) is 23.0 Å². The molecule has 0 heterocycles. The van der Waals surface area contributed by atoms with Crippen LogP contribution in [0.1, 0.15) is 40.0 Å². The zero-order valence-electron chi connectivity index (χ0n) is 19.0. The smallest absolute Gasteiger partial charge is 0.220 e. The molecule has 8 nitrogen and oxygen atoms in total. The van der Waals surface area contributed by atoms with Crippen LogP contribution in [0, 0.1) is 0 Å². The minimum Gasteiger partial charge on any atom is -0.380 e. The highest BCUT2D eigenvalue weighted by Gasteiger charge is 1.99. The van der Waals surface area contributed by atoms with Crippen LogP contribution in [-0.2, 0) is 23.9 Å². The Labute approximate surface area is 202 Å². The summed E-state index contributed by atoms with van der Waals surface area (Å²) in [5.74, 6) is 3.83. The van der Waals surface area contributed by atoms with Gasteiger partial charge >= 0.3 is 0 Å². The van der Waals surface area contributed by atoms with Gasteiger partial charge in [-0.2, -0.15) is 0 Å². The quantitative estimate of drug-likeness (QED) is 0.187. The third-order valence-electron chi connectivity index (χ3n) is 3.21. The van der Waals surface area contributed by atoms with E-state index in [0.29, 0.717) is 45.6 Å². The van der Waals surface area contributed by atoms with Gasteiger partial charge in [-0.15, -0.1) is 0 Å². The molecule has 0 aromatic rings. The average Bonchev–Trinajstić information content (AvgIpc) is 2.73. The lowest BCUT2D eigenvalue weighted by molar-refractivity contribution is -0.120. The second-order valence-electron chi connectivity index (χ2n) is 5.93. The number of hydrogen-bond acceptors (Lipinski definition) is 9. The second kappa shape index (κ2) is 25.7. The zero-order valence-corrected chi connectivity index (χ0v) is 22.2. The Morgan fingerprint density at radius 3 is 1.74 bits per heavy atom. The third kappa shape index (κ3) is 31.7. The van der Waals surface area contributed by atoms with Crippen LogP contribution in [0.3, 0.4) is 0 Å². The van der Waals surface area contributed by atoms with Gasteiger partial charge in [-0.05, 0) is 0 Å². The normalized spacial score (nSPS) is 9.94. The van der Waals surface area contributed by atoms with Gasteiger partial charge in [0.1, 0.15) is 5.78 Å². The largest absolute Gasteiger partial charge is 0.380 e. The molecule has 0 atom stereocenters. The van der Waals surface area contributed by atoms with Gasteiger partial charge in [-0.25, -0.2) is 0 Å². The lowest BCUT2D eigenvalue weighted by atomic mass is 10.2. The van der Waals surface area contributed by atoms with Crippen LogP contribution < -0.4 is 16.0 Å². The van der Waals surface area contributed by atoms with E-state index in [-0.39, 0.29) is 23.5 Å². The molecule has 0 aromatic heterocycles. The summed E-state index contributed by atoms with van der Waals surface area (Å²) in [6.07, 6.45) is 1.67. The van der Waals surface area contributed by atoms with E-state index < -0.39 is 0 Å². The van der Waals surface area contributed by atoms with E-state index in [9.17, 15) is 19.2 Å². The van der Waals surface area contributed by atoms with Gasteiger partial charge in [0.2, 0.25) is 17.7 Å². The molecule has 0 fully saturated rings. The Balaban J connectivity index is 0. The number of carbonyl (C=O) groups excluding carboxylic acids is 4. The van der Waals surface area contributed by atoms with Crippen LogP contribution in [0.2, 0.25) is 0 Å². The molecule has 12 heteroatoms. The first-order chi connectivity index (χ1) is 14.8. The number of nitrogens with one attached hydrogen (secondary N) is 3. The molecule has 0 saturated heterocycles. The van der Waals surface area contributed by atoms with Crippen molar-refractivity contribution in [3.8, 4) is 0 Å². The Morgan fingerprint density at radius 1 is 0.742 bits per heavy atom. The molecule has 182 valence electrons. The summed E-state index contributed by atoms with van der Waals surface area (Å²) >= 11 is 0. The summed E-state index contributed by atoms with van der Waals surface area (Å²) in [6.45, 7) is 7.49. The van der Waals surface area contributed by atoms with E-state index in [1.165, 1.54) is 13.8 Å². The maximum Gasteiger partial charge on any atom is 0.220 e. The summed E-state index contributed by atoms with van der Waals surface area (Å²) < 4.78 is 5.33. The van der Waals surface area contributed by atoms with Crippen molar-refractivity contribution in [3.63, 3.8) is 0 Å². The van der Waals surface area contributed by atoms with Gasteiger partial charge in [0, 0.05) is 76.3 Å². The van der Waals surface area contributed by atoms with Crippen molar-refractivity contribution in [2.24, 2.45) is 0 Å². The van der Waals surface area contributed by atoms with Crippen LogP contribution in [0.15, 0.2) is 0 Å². The van der Waals surface area contributed by atoms with Gasteiger partial charge in [0.05, 0.1) is 13.2 Å². The van der Waals surface area contributed by atoms with Crippen LogP contribution in [-0.4, -0.2) is 79.9 Å². The fourth-order valence-corrected chi connectivity index (χ4v) is 5.26. The van der Waals surface area contributed by atoms with Crippen molar-refractivity contribution in [2.45, 2.75) is 40.0 Å². The van der Waals surface area contributed by atoms with Crippen LogP contribution >= 0.6 is 43.2 Å². The molecule has 0 rings (SSSR count). The Kier molecular flexibility index (Phi) is 27.0. The van der Waals surface area contributed by atoms with Crippen molar-refractivity contribution in [2.75, 3.05) is 56.4 Å². The maximum atomic E-state index is 11.0. The minimum atomic E-state index is 0.000890. The zero-order chi connectivity index (χ0) is 23.7. The molecule has 3 amide bonds.